The number of hydrogen-bond acceptors (Lipinski definition) is 2. The second-order valence-corrected chi connectivity index (χ2v) is 5.27. The van der Waals surface area contributed by atoms with E-state index >= 15 is 0 Å². The summed E-state index contributed by atoms with van der Waals surface area (Å²) < 4.78 is 0. The van der Waals surface area contributed by atoms with Gasteiger partial charge >= 0.3 is 0 Å². The van der Waals surface area contributed by atoms with E-state index in [0.29, 0.717) is 11.4 Å². The molecule has 0 aromatic heterocycles. The highest BCUT2D eigenvalue weighted by Crippen LogP contribution is 2.18. The Hall–Kier alpha value is -0.640. The highest BCUT2D eigenvalue weighted by molar-refractivity contribution is 7.80. The van der Waals surface area contributed by atoms with Gasteiger partial charge < -0.3 is 10.6 Å². The van der Waals surface area contributed by atoms with Gasteiger partial charge in [-0.2, -0.15) is 0 Å². The van der Waals surface area contributed by atoms with Gasteiger partial charge in [-0.3, -0.25) is 4.79 Å². The summed E-state index contributed by atoms with van der Waals surface area (Å²) in [6, 6.07) is 0.0937. The van der Waals surface area contributed by atoms with Crippen LogP contribution in [-0.2, 0) is 4.79 Å². The fraction of sp³-hybridized carbons (Fsp3) is 0.846. The number of rotatable bonds is 8. The lowest BCUT2D eigenvalue weighted by Crippen LogP contribution is -2.40. The second-order valence-electron chi connectivity index (χ2n) is 4.74. The van der Waals surface area contributed by atoms with Crippen LogP contribution >= 0.6 is 12.2 Å². The molecule has 0 spiro atoms. The summed E-state index contributed by atoms with van der Waals surface area (Å²) in [5.74, 6) is 0.390. The van der Waals surface area contributed by atoms with Crippen molar-refractivity contribution < 1.29 is 4.79 Å². The molecule has 1 atom stereocenters. The van der Waals surface area contributed by atoms with E-state index in [-0.39, 0.29) is 17.9 Å². The van der Waals surface area contributed by atoms with Crippen molar-refractivity contribution in [3.63, 3.8) is 0 Å². The first-order valence-electron chi connectivity index (χ1n) is 6.48. The van der Waals surface area contributed by atoms with E-state index in [2.05, 4.69) is 13.8 Å². The molecule has 1 amide bonds. The Morgan fingerprint density at radius 2 is 1.76 bits per heavy atom. The molecule has 0 aliphatic rings. The molecule has 17 heavy (non-hydrogen) atoms. The number of nitrogens with two attached hydrogens (primary N) is 1. The van der Waals surface area contributed by atoms with Gasteiger partial charge in [0.2, 0.25) is 5.91 Å². The van der Waals surface area contributed by atoms with Crippen LogP contribution in [0.4, 0.5) is 0 Å². The standard InChI is InChI=1S/C13H26N2OS/c1-5-7-11(8-6-2)13(16)15(4)10(3)9-12(14)17/h10-11H,5-9H2,1-4H3,(H2,14,17). The van der Waals surface area contributed by atoms with Crippen molar-refractivity contribution in [2.24, 2.45) is 11.7 Å². The van der Waals surface area contributed by atoms with E-state index in [9.17, 15) is 4.79 Å². The SMILES string of the molecule is CCCC(CCC)C(=O)N(C)C(C)CC(N)=S. The monoisotopic (exact) mass is 258 g/mol. The summed E-state index contributed by atoms with van der Waals surface area (Å²) >= 11 is 4.89. The number of carbonyl (C=O) groups is 1. The average Bonchev–Trinajstić information content (AvgIpc) is 2.26. The molecule has 0 bridgehead atoms. The van der Waals surface area contributed by atoms with E-state index in [1.54, 1.807) is 4.90 Å². The largest absolute Gasteiger partial charge is 0.393 e. The van der Waals surface area contributed by atoms with Gasteiger partial charge in [0.15, 0.2) is 0 Å². The van der Waals surface area contributed by atoms with Gasteiger partial charge in [-0.25, -0.2) is 0 Å². The minimum Gasteiger partial charge on any atom is -0.393 e. The van der Waals surface area contributed by atoms with Gasteiger partial charge in [0.25, 0.3) is 0 Å². The third-order valence-electron chi connectivity index (χ3n) is 3.13. The molecule has 0 rings (SSSR count). The molecule has 0 fully saturated rings. The minimum atomic E-state index is 0.0937. The van der Waals surface area contributed by atoms with Crippen LogP contribution in [0.5, 0.6) is 0 Å². The van der Waals surface area contributed by atoms with E-state index in [0.717, 1.165) is 25.7 Å². The Bertz CT molecular complexity index is 250. The van der Waals surface area contributed by atoms with Crippen LogP contribution in [0.3, 0.4) is 0 Å². The summed E-state index contributed by atoms with van der Waals surface area (Å²) in [5.41, 5.74) is 5.52. The van der Waals surface area contributed by atoms with Crippen LogP contribution in [-0.4, -0.2) is 28.9 Å². The van der Waals surface area contributed by atoms with Crippen molar-refractivity contribution in [3.8, 4) is 0 Å². The van der Waals surface area contributed by atoms with E-state index < -0.39 is 0 Å². The zero-order valence-electron chi connectivity index (χ0n) is 11.5. The first-order chi connectivity index (χ1) is 7.93. The molecule has 1 unspecified atom stereocenters. The van der Waals surface area contributed by atoms with E-state index in [1.165, 1.54) is 0 Å². The maximum absolute atomic E-state index is 12.3. The lowest BCUT2D eigenvalue weighted by atomic mass is 9.96. The Balaban J connectivity index is 4.46. The number of carbonyl (C=O) groups excluding carboxylic acids is 1. The first kappa shape index (κ1) is 16.4. The fourth-order valence-electron chi connectivity index (χ4n) is 2.02. The Morgan fingerprint density at radius 1 is 1.29 bits per heavy atom. The molecule has 3 nitrogen and oxygen atoms in total. The van der Waals surface area contributed by atoms with Gasteiger partial charge in [-0.15, -0.1) is 0 Å². The summed E-state index contributed by atoms with van der Waals surface area (Å²) in [6.45, 7) is 6.23. The zero-order valence-corrected chi connectivity index (χ0v) is 12.3. The van der Waals surface area contributed by atoms with Crippen molar-refractivity contribution >= 4 is 23.1 Å². The molecule has 0 heterocycles. The van der Waals surface area contributed by atoms with Gasteiger partial charge in [0, 0.05) is 25.4 Å². The predicted molar refractivity (Wildman–Crippen MR) is 76.9 cm³/mol. The average molecular weight is 258 g/mol. The molecule has 0 aromatic rings. The fourth-order valence-corrected chi connectivity index (χ4v) is 2.26. The van der Waals surface area contributed by atoms with Crippen LogP contribution in [0.1, 0.15) is 52.9 Å². The molecule has 100 valence electrons. The number of amides is 1. The zero-order chi connectivity index (χ0) is 13.4. The second kappa shape index (κ2) is 8.45. The van der Waals surface area contributed by atoms with Crippen LogP contribution < -0.4 is 5.73 Å². The first-order valence-corrected chi connectivity index (χ1v) is 6.89. The lowest BCUT2D eigenvalue weighted by Gasteiger charge is -2.28. The summed E-state index contributed by atoms with van der Waals surface area (Å²) in [6.07, 6.45) is 4.64. The normalized spacial score (nSPS) is 12.5. The molecular formula is C13H26N2OS. The topological polar surface area (TPSA) is 46.3 Å². The quantitative estimate of drug-likeness (QED) is 0.681. The highest BCUT2D eigenvalue weighted by atomic mass is 32.1. The van der Waals surface area contributed by atoms with E-state index in [4.69, 9.17) is 18.0 Å². The Labute approximate surface area is 111 Å². The summed E-state index contributed by atoms with van der Waals surface area (Å²) in [4.78, 5) is 14.6. The van der Waals surface area contributed by atoms with Crippen molar-refractivity contribution in [2.75, 3.05) is 7.05 Å². The molecule has 0 radical (unpaired) electrons. The third-order valence-corrected chi connectivity index (χ3v) is 3.30. The van der Waals surface area contributed by atoms with Crippen LogP contribution in [0.15, 0.2) is 0 Å². The number of hydrogen-bond donors (Lipinski definition) is 1. The Morgan fingerprint density at radius 3 is 2.12 bits per heavy atom. The molecule has 0 aliphatic heterocycles. The van der Waals surface area contributed by atoms with Crippen LogP contribution in [0.25, 0.3) is 0 Å². The summed E-state index contributed by atoms with van der Waals surface area (Å²) in [5, 5.41) is 0. The van der Waals surface area contributed by atoms with Crippen molar-refractivity contribution in [2.45, 2.75) is 58.9 Å². The molecule has 2 N–H and O–H groups in total. The Kier molecular flexibility index (Phi) is 8.13. The van der Waals surface area contributed by atoms with Crippen molar-refractivity contribution in [1.29, 1.82) is 0 Å². The van der Waals surface area contributed by atoms with Gasteiger partial charge in [-0.1, -0.05) is 38.9 Å². The van der Waals surface area contributed by atoms with Gasteiger partial charge in [0.1, 0.15) is 0 Å². The van der Waals surface area contributed by atoms with E-state index in [1.807, 2.05) is 14.0 Å². The molecule has 0 aliphatic carbocycles. The number of thiocarbonyl (C=S) groups is 1. The lowest BCUT2D eigenvalue weighted by molar-refractivity contribution is -0.136. The summed E-state index contributed by atoms with van der Waals surface area (Å²) in [7, 11) is 1.85. The number of nitrogens with zero attached hydrogens (tertiary/aromatic N) is 1. The highest BCUT2D eigenvalue weighted by Gasteiger charge is 2.23. The molecular weight excluding hydrogens is 232 g/mol. The van der Waals surface area contributed by atoms with Gasteiger partial charge in [-0.05, 0) is 19.8 Å². The van der Waals surface area contributed by atoms with Crippen molar-refractivity contribution in [1.82, 2.24) is 4.90 Å². The maximum Gasteiger partial charge on any atom is 0.225 e. The van der Waals surface area contributed by atoms with Crippen LogP contribution in [0, 0.1) is 5.92 Å². The third kappa shape index (κ3) is 6.01. The molecule has 0 aromatic carbocycles. The predicted octanol–water partition coefficient (Wildman–Crippen LogP) is 2.73. The molecule has 0 saturated carbocycles. The smallest absolute Gasteiger partial charge is 0.225 e. The maximum atomic E-state index is 12.3. The minimum absolute atomic E-state index is 0.0937. The van der Waals surface area contributed by atoms with Gasteiger partial charge in [0.05, 0.1) is 4.99 Å². The van der Waals surface area contributed by atoms with Crippen molar-refractivity contribution in [3.05, 3.63) is 0 Å². The molecule has 4 heteroatoms. The molecule has 0 saturated heterocycles. The van der Waals surface area contributed by atoms with Crippen LogP contribution in [0.2, 0.25) is 0 Å².